The number of hydrogen-bond acceptors (Lipinski definition) is 4. The minimum atomic E-state index is 0.192. The topological polar surface area (TPSA) is 44.1 Å². The highest BCUT2D eigenvalue weighted by Crippen LogP contribution is 2.40. The van der Waals surface area contributed by atoms with E-state index in [1.807, 2.05) is 6.07 Å². The zero-order valence-corrected chi connectivity index (χ0v) is 9.99. The lowest BCUT2D eigenvalue weighted by Crippen LogP contribution is -2.05. The first-order chi connectivity index (χ1) is 8.29. The van der Waals surface area contributed by atoms with Gasteiger partial charge in [-0.3, -0.25) is 0 Å². The predicted octanol–water partition coefficient (Wildman–Crippen LogP) is 2.87. The van der Waals surface area contributed by atoms with E-state index in [2.05, 4.69) is 0 Å². The second-order valence-corrected chi connectivity index (χ2v) is 4.23. The minimum Gasteiger partial charge on any atom is -0.493 e. The molecule has 1 aliphatic rings. The number of benzene rings is 1. The van der Waals surface area contributed by atoms with Crippen molar-refractivity contribution in [3.8, 4) is 11.5 Å². The zero-order valence-electron chi connectivity index (χ0n) is 9.23. The Morgan fingerprint density at radius 2 is 2.35 bits per heavy atom. The molecule has 2 heterocycles. The van der Waals surface area contributed by atoms with Crippen LogP contribution in [-0.2, 0) is 4.74 Å². The molecule has 1 atom stereocenters. The predicted molar refractivity (Wildman–Crippen MR) is 63.0 cm³/mol. The number of furan rings is 1. The molecular formula is C12H11ClO4. The third-order valence-corrected chi connectivity index (χ3v) is 2.92. The summed E-state index contributed by atoms with van der Waals surface area (Å²) in [5.74, 6) is 1.25. The highest BCUT2D eigenvalue weighted by atomic mass is 35.5. The smallest absolute Gasteiger partial charge is 0.172 e. The fourth-order valence-corrected chi connectivity index (χ4v) is 1.94. The lowest BCUT2D eigenvalue weighted by Gasteiger charge is -2.11. The maximum Gasteiger partial charge on any atom is 0.172 e. The van der Waals surface area contributed by atoms with Crippen molar-refractivity contribution in [1.82, 2.24) is 0 Å². The fourth-order valence-electron chi connectivity index (χ4n) is 1.69. The highest BCUT2D eigenvalue weighted by Gasteiger charge is 2.25. The standard InChI is InChI=1S/C12H11ClO4/c1-14-10-4-9(13)11-8(2-3-15-11)12(10)17-6-7-5-16-7/h2-4,7H,5-6H2,1H3/t7-/m1/s1. The van der Waals surface area contributed by atoms with Crippen LogP contribution in [0.15, 0.2) is 22.8 Å². The molecule has 0 aliphatic carbocycles. The number of rotatable bonds is 4. The van der Waals surface area contributed by atoms with Gasteiger partial charge in [0.1, 0.15) is 12.7 Å². The molecule has 3 rings (SSSR count). The molecule has 17 heavy (non-hydrogen) atoms. The Hall–Kier alpha value is -1.39. The van der Waals surface area contributed by atoms with Crippen LogP contribution in [0.25, 0.3) is 11.0 Å². The summed E-state index contributed by atoms with van der Waals surface area (Å²) in [5, 5.41) is 1.33. The Morgan fingerprint density at radius 1 is 1.53 bits per heavy atom. The first-order valence-electron chi connectivity index (χ1n) is 5.27. The van der Waals surface area contributed by atoms with Gasteiger partial charge in [0.05, 0.1) is 30.4 Å². The van der Waals surface area contributed by atoms with Gasteiger partial charge >= 0.3 is 0 Å². The molecule has 2 aromatic rings. The quantitative estimate of drug-likeness (QED) is 0.787. The summed E-state index contributed by atoms with van der Waals surface area (Å²) in [4.78, 5) is 0. The van der Waals surface area contributed by atoms with Gasteiger partial charge in [-0.25, -0.2) is 0 Å². The summed E-state index contributed by atoms with van der Waals surface area (Å²) in [6.07, 6.45) is 1.77. The molecule has 90 valence electrons. The second-order valence-electron chi connectivity index (χ2n) is 3.82. The SMILES string of the molecule is COc1cc(Cl)c2occc2c1OC[C@H]1CO1. The van der Waals surface area contributed by atoms with Crippen LogP contribution in [0.2, 0.25) is 5.02 Å². The lowest BCUT2D eigenvalue weighted by atomic mass is 10.2. The molecule has 1 aliphatic heterocycles. The molecule has 0 amide bonds. The van der Waals surface area contributed by atoms with E-state index in [-0.39, 0.29) is 6.10 Å². The van der Waals surface area contributed by atoms with Crippen molar-refractivity contribution in [2.75, 3.05) is 20.3 Å². The third-order valence-electron chi connectivity index (χ3n) is 2.64. The summed E-state index contributed by atoms with van der Waals surface area (Å²) in [7, 11) is 1.58. The molecule has 0 saturated carbocycles. The lowest BCUT2D eigenvalue weighted by molar-refractivity contribution is 0.254. The summed E-state index contributed by atoms with van der Waals surface area (Å²) in [5.41, 5.74) is 0.610. The van der Waals surface area contributed by atoms with Crippen LogP contribution in [0, 0.1) is 0 Å². The number of ether oxygens (including phenoxy) is 3. The average molecular weight is 255 g/mol. The number of methoxy groups -OCH3 is 1. The molecule has 0 unspecified atom stereocenters. The molecule has 4 nitrogen and oxygen atoms in total. The summed E-state index contributed by atoms with van der Waals surface area (Å²) >= 11 is 6.08. The number of epoxide rings is 1. The van der Waals surface area contributed by atoms with Gasteiger partial charge in [0.25, 0.3) is 0 Å². The summed E-state index contributed by atoms with van der Waals surface area (Å²) in [6, 6.07) is 3.50. The van der Waals surface area contributed by atoms with E-state index in [1.54, 1.807) is 19.4 Å². The molecule has 0 bridgehead atoms. The largest absolute Gasteiger partial charge is 0.493 e. The number of halogens is 1. The Balaban J connectivity index is 2.04. The third kappa shape index (κ3) is 1.94. The number of hydrogen-bond donors (Lipinski definition) is 0. The molecule has 1 aromatic heterocycles. The maximum atomic E-state index is 6.08. The van der Waals surface area contributed by atoms with E-state index < -0.39 is 0 Å². The van der Waals surface area contributed by atoms with E-state index in [0.717, 1.165) is 12.0 Å². The van der Waals surface area contributed by atoms with Crippen LogP contribution in [0.1, 0.15) is 0 Å². The van der Waals surface area contributed by atoms with E-state index >= 15 is 0 Å². The van der Waals surface area contributed by atoms with Gasteiger partial charge in [-0.05, 0) is 6.07 Å². The molecule has 1 saturated heterocycles. The summed E-state index contributed by atoms with van der Waals surface area (Å²) in [6.45, 7) is 1.27. The van der Waals surface area contributed by atoms with E-state index in [0.29, 0.717) is 28.7 Å². The van der Waals surface area contributed by atoms with Crippen molar-refractivity contribution in [2.45, 2.75) is 6.10 Å². The fraction of sp³-hybridized carbons (Fsp3) is 0.333. The average Bonchev–Trinajstić information content (AvgIpc) is 3.02. The molecule has 5 heteroatoms. The summed E-state index contributed by atoms with van der Waals surface area (Å²) < 4.78 is 21.4. The molecule has 0 spiro atoms. The van der Waals surface area contributed by atoms with Crippen molar-refractivity contribution < 1.29 is 18.6 Å². The Bertz CT molecular complexity index is 545. The van der Waals surface area contributed by atoms with E-state index in [4.69, 9.17) is 30.2 Å². The van der Waals surface area contributed by atoms with Crippen LogP contribution in [0.4, 0.5) is 0 Å². The van der Waals surface area contributed by atoms with Crippen LogP contribution < -0.4 is 9.47 Å². The van der Waals surface area contributed by atoms with Crippen molar-refractivity contribution in [3.63, 3.8) is 0 Å². The maximum absolute atomic E-state index is 6.08. The number of fused-ring (bicyclic) bond motifs is 1. The van der Waals surface area contributed by atoms with Gasteiger partial charge in [-0.1, -0.05) is 11.6 Å². The van der Waals surface area contributed by atoms with Crippen molar-refractivity contribution in [3.05, 3.63) is 23.4 Å². The van der Waals surface area contributed by atoms with Gasteiger partial charge in [0.15, 0.2) is 17.1 Å². The van der Waals surface area contributed by atoms with Crippen LogP contribution in [0.3, 0.4) is 0 Å². The van der Waals surface area contributed by atoms with Crippen LogP contribution in [0.5, 0.6) is 11.5 Å². The Kier molecular flexibility index (Phi) is 2.61. The van der Waals surface area contributed by atoms with E-state index in [9.17, 15) is 0 Å². The monoisotopic (exact) mass is 254 g/mol. The Labute approximate surface area is 103 Å². The molecule has 0 N–H and O–H groups in total. The molecule has 0 radical (unpaired) electrons. The minimum absolute atomic E-state index is 0.192. The molecule has 1 aromatic carbocycles. The van der Waals surface area contributed by atoms with Gasteiger partial charge in [0, 0.05) is 6.07 Å². The van der Waals surface area contributed by atoms with Crippen molar-refractivity contribution >= 4 is 22.6 Å². The molecule has 1 fully saturated rings. The van der Waals surface area contributed by atoms with Gasteiger partial charge in [0.2, 0.25) is 0 Å². The van der Waals surface area contributed by atoms with Gasteiger partial charge in [-0.2, -0.15) is 0 Å². The van der Waals surface area contributed by atoms with Crippen LogP contribution in [-0.4, -0.2) is 26.4 Å². The first kappa shape index (κ1) is 10.7. The van der Waals surface area contributed by atoms with Gasteiger partial charge in [-0.15, -0.1) is 0 Å². The Morgan fingerprint density at radius 3 is 3.06 bits per heavy atom. The van der Waals surface area contributed by atoms with Crippen molar-refractivity contribution in [2.24, 2.45) is 0 Å². The van der Waals surface area contributed by atoms with Crippen LogP contribution >= 0.6 is 11.6 Å². The normalized spacial score (nSPS) is 18.4. The van der Waals surface area contributed by atoms with Gasteiger partial charge < -0.3 is 18.6 Å². The van der Waals surface area contributed by atoms with E-state index in [1.165, 1.54) is 0 Å². The second kappa shape index (κ2) is 4.13. The van der Waals surface area contributed by atoms with Crippen molar-refractivity contribution in [1.29, 1.82) is 0 Å². The molecular weight excluding hydrogens is 244 g/mol. The first-order valence-corrected chi connectivity index (χ1v) is 5.65. The highest BCUT2D eigenvalue weighted by molar-refractivity contribution is 6.35. The zero-order chi connectivity index (χ0) is 11.8.